The van der Waals surface area contributed by atoms with Gasteiger partial charge in [-0.3, -0.25) is 9.59 Å². The molecule has 1 aromatic heterocycles. The van der Waals surface area contributed by atoms with Crippen LogP contribution in [0.25, 0.3) is 0 Å². The standard InChI is InChI=1S/C16H21N5O2S2/c1-4-11-7-5-6-8-12(11)18-13(22)9-21(3)14(23)10(2)24-16-20-19-15(17)25-16/h5-8,10H,4,9H2,1-3H3,(H2,17,19)(H,18,22). The topological polar surface area (TPSA) is 101 Å². The smallest absolute Gasteiger partial charge is 0.243 e. The molecule has 2 aromatic rings. The molecule has 1 atom stereocenters. The number of rotatable bonds is 7. The van der Waals surface area contributed by atoms with Gasteiger partial charge in [-0.15, -0.1) is 10.2 Å². The molecule has 0 fully saturated rings. The summed E-state index contributed by atoms with van der Waals surface area (Å²) in [4.78, 5) is 26.1. The molecule has 1 heterocycles. The monoisotopic (exact) mass is 379 g/mol. The van der Waals surface area contributed by atoms with E-state index in [9.17, 15) is 9.59 Å². The molecule has 0 aliphatic carbocycles. The Morgan fingerprint density at radius 1 is 1.36 bits per heavy atom. The molecule has 0 spiro atoms. The summed E-state index contributed by atoms with van der Waals surface area (Å²) >= 11 is 2.51. The quantitative estimate of drug-likeness (QED) is 0.716. The first kappa shape index (κ1) is 19.2. The molecule has 7 nitrogen and oxygen atoms in total. The van der Waals surface area contributed by atoms with Crippen LogP contribution in [0.5, 0.6) is 0 Å². The minimum Gasteiger partial charge on any atom is -0.374 e. The van der Waals surface area contributed by atoms with Crippen molar-refractivity contribution in [3.8, 4) is 0 Å². The number of carbonyl (C=O) groups is 2. The number of likely N-dealkylation sites (N-methyl/N-ethyl adjacent to an activating group) is 1. The number of aryl methyl sites for hydroxylation is 1. The maximum absolute atomic E-state index is 12.4. The summed E-state index contributed by atoms with van der Waals surface area (Å²) in [5, 5.41) is 10.5. The van der Waals surface area contributed by atoms with E-state index < -0.39 is 0 Å². The summed E-state index contributed by atoms with van der Waals surface area (Å²) < 4.78 is 0.632. The van der Waals surface area contributed by atoms with Crippen LogP contribution >= 0.6 is 23.1 Å². The molecule has 0 saturated heterocycles. The van der Waals surface area contributed by atoms with Crippen LogP contribution in [-0.4, -0.2) is 45.8 Å². The van der Waals surface area contributed by atoms with Gasteiger partial charge in [0.15, 0.2) is 4.34 Å². The van der Waals surface area contributed by atoms with Gasteiger partial charge in [0, 0.05) is 12.7 Å². The van der Waals surface area contributed by atoms with Crippen molar-refractivity contribution in [3.63, 3.8) is 0 Å². The molecule has 0 aliphatic rings. The number of carbonyl (C=O) groups excluding carboxylic acids is 2. The molecular weight excluding hydrogens is 358 g/mol. The van der Waals surface area contributed by atoms with E-state index in [4.69, 9.17) is 5.73 Å². The Hall–Kier alpha value is -2.13. The predicted molar refractivity (Wildman–Crippen MR) is 102 cm³/mol. The molecule has 0 saturated carbocycles. The molecule has 0 aliphatic heterocycles. The van der Waals surface area contributed by atoms with Crippen molar-refractivity contribution >= 4 is 45.7 Å². The number of nitrogens with one attached hydrogen (secondary N) is 1. The summed E-state index contributed by atoms with van der Waals surface area (Å²) in [5.41, 5.74) is 7.37. The maximum atomic E-state index is 12.4. The SMILES string of the molecule is CCc1ccccc1NC(=O)CN(C)C(=O)C(C)Sc1nnc(N)s1. The van der Waals surface area contributed by atoms with Crippen molar-refractivity contribution < 1.29 is 9.59 Å². The van der Waals surface area contributed by atoms with Crippen LogP contribution in [0.2, 0.25) is 0 Å². The van der Waals surface area contributed by atoms with Crippen LogP contribution in [0, 0.1) is 0 Å². The van der Waals surface area contributed by atoms with Crippen molar-refractivity contribution in [1.29, 1.82) is 0 Å². The molecule has 2 amide bonds. The van der Waals surface area contributed by atoms with Gasteiger partial charge in [0.05, 0.1) is 11.8 Å². The molecule has 3 N–H and O–H groups in total. The van der Waals surface area contributed by atoms with Crippen LogP contribution in [0.15, 0.2) is 28.6 Å². The van der Waals surface area contributed by atoms with Crippen LogP contribution in [0.3, 0.4) is 0 Å². The first-order chi connectivity index (χ1) is 11.9. The normalized spacial score (nSPS) is 11.8. The largest absolute Gasteiger partial charge is 0.374 e. The molecule has 0 bridgehead atoms. The number of aromatic nitrogens is 2. The number of hydrogen-bond acceptors (Lipinski definition) is 7. The van der Waals surface area contributed by atoms with Crippen molar-refractivity contribution in [1.82, 2.24) is 15.1 Å². The summed E-state index contributed by atoms with van der Waals surface area (Å²) in [6, 6.07) is 7.63. The van der Waals surface area contributed by atoms with Crippen LogP contribution in [0.4, 0.5) is 10.8 Å². The molecule has 1 aromatic carbocycles. The molecule has 134 valence electrons. The number of nitrogens with two attached hydrogens (primary N) is 1. The zero-order valence-corrected chi connectivity index (χ0v) is 16.0. The third kappa shape index (κ3) is 5.43. The van der Waals surface area contributed by atoms with Gasteiger partial charge in [-0.05, 0) is 25.0 Å². The average Bonchev–Trinajstić information content (AvgIpc) is 2.99. The van der Waals surface area contributed by atoms with Gasteiger partial charge in [0.2, 0.25) is 16.9 Å². The first-order valence-corrected chi connectivity index (χ1v) is 9.48. The zero-order valence-electron chi connectivity index (χ0n) is 14.4. The molecule has 2 rings (SSSR count). The molecular formula is C16H21N5O2S2. The van der Waals surface area contributed by atoms with Gasteiger partial charge in [0.1, 0.15) is 0 Å². The van der Waals surface area contributed by atoms with E-state index in [0.717, 1.165) is 17.7 Å². The molecule has 0 radical (unpaired) electrons. The van der Waals surface area contributed by atoms with Crippen molar-refractivity contribution in [2.45, 2.75) is 29.9 Å². The van der Waals surface area contributed by atoms with Crippen LogP contribution in [0.1, 0.15) is 19.4 Å². The summed E-state index contributed by atoms with van der Waals surface area (Å²) in [6.45, 7) is 3.78. The number of hydrogen-bond donors (Lipinski definition) is 2. The van der Waals surface area contributed by atoms with E-state index in [1.54, 1.807) is 14.0 Å². The minimum atomic E-state index is -0.381. The second kappa shape index (κ2) is 8.82. The average molecular weight is 380 g/mol. The van der Waals surface area contributed by atoms with E-state index in [-0.39, 0.29) is 23.6 Å². The lowest BCUT2D eigenvalue weighted by molar-refractivity contribution is -0.132. The van der Waals surface area contributed by atoms with E-state index in [0.29, 0.717) is 9.47 Å². The van der Waals surface area contributed by atoms with Gasteiger partial charge in [-0.25, -0.2) is 0 Å². The highest BCUT2D eigenvalue weighted by molar-refractivity contribution is 8.02. The van der Waals surface area contributed by atoms with Crippen LogP contribution in [-0.2, 0) is 16.0 Å². The van der Waals surface area contributed by atoms with E-state index >= 15 is 0 Å². The number of benzene rings is 1. The molecule has 9 heteroatoms. The van der Waals surface area contributed by atoms with E-state index in [1.807, 2.05) is 31.2 Å². The van der Waals surface area contributed by atoms with E-state index in [2.05, 4.69) is 15.5 Å². The zero-order chi connectivity index (χ0) is 18.4. The highest BCUT2D eigenvalue weighted by Crippen LogP contribution is 2.28. The molecule has 25 heavy (non-hydrogen) atoms. The number of nitrogens with zero attached hydrogens (tertiary/aromatic N) is 3. The van der Waals surface area contributed by atoms with Gasteiger partial charge in [-0.2, -0.15) is 0 Å². The fraction of sp³-hybridized carbons (Fsp3) is 0.375. The number of thioether (sulfide) groups is 1. The van der Waals surface area contributed by atoms with Crippen LogP contribution < -0.4 is 11.1 Å². The number of nitrogen functional groups attached to an aromatic ring is 1. The number of para-hydroxylation sites is 1. The Kier molecular flexibility index (Phi) is 6.77. The Balaban J connectivity index is 1.90. The Labute approximate surface area is 155 Å². The summed E-state index contributed by atoms with van der Waals surface area (Å²) in [5.74, 6) is -0.383. The Bertz CT molecular complexity index is 750. The van der Waals surface area contributed by atoms with Gasteiger partial charge < -0.3 is 16.0 Å². The second-order valence-electron chi connectivity index (χ2n) is 5.42. The fourth-order valence-electron chi connectivity index (χ4n) is 2.21. The Morgan fingerprint density at radius 3 is 2.72 bits per heavy atom. The third-order valence-corrected chi connectivity index (χ3v) is 5.40. The lowest BCUT2D eigenvalue weighted by atomic mass is 10.1. The van der Waals surface area contributed by atoms with Gasteiger partial charge >= 0.3 is 0 Å². The van der Waals surface area contributed by atoms with Crippen molar-refractivity contribution in [2.24, 2.45) is 0 Å². The number of anilines is 2. The van der Waals surface area contributed by atoms with Crippen molar-refractivity contribution in [3.05, 3.63) is 29.8 Å². The molecule has 1 unspecified atom stereocenters. The van der Waals surface area contributed by atoms with E-state index in [1.165, 1.54) is 28.0 Å². The lowest BCUT2D eigenvalue weighted by Gasteiger charge is -2.20. The second-order valence-corrected chi connectivity index (χ2v) is 8.02. The highest BCUT2D eigenvalue weighted by Gasteiger charge is 2.22. The Morgan fingerprint density at radius 2 is 2.08 bits per heavy atom. The first-order valence-electron chi connectivity index (χ1n) is 7.79. The third-order valence-electron chi connectivity index (χ3n) is 3.48. The number of amides is 2. The lowest BCUT2D eigenvalue weighted by Crippen LogP contribution is -2.39. The summed E-state index contributed by atoms with van der Waals surface area (Å²) in [6.07, 6.45) is 0.823. The predicted octanol–water partition coefficient (Wildman–Crippen LogP) is 2.26. The van der Waals surface area contributed by atoms with Crippen molar-refractivity contribution in [2.75, 3.05) is 24.6 Å². The highest BCUT2D eigenvalue weighted by atomic mass is 32.2. The maximum Gasteiger partial charge on any atom is 0.243 e. The summed E-state index contributed by atoms with van der Waals surface area (Å²) in [7, 11) is 1.61. The fourth-order valence-corrected chi connectivity index (χ4v) is 4.11. The van der Waals surface area contributed by atoms with Gasteiger partial charge in [-0.1, -0.05) is 48.2 Å². The van der Waals surface area contributed by atoms with Gasteiger partial charge in [0.25, 0.3) is 0 Å². The minimum absolute atomic E-state index is 0.0138.